The fraction of sp³-hybridized carbons (Fsp3) is 0.238. The van der Waals surface area contributed by atoms with Crippen LogP contribution in [0.1, 0.15) is 16.7 Å². The molecule has 0 aliphatic carbocycles. The Morgan fingerprint density at radius 1 is 1.10 bits per heavy atom. The first-order chi connectivity index (χ1) is 14.6. The van der Waals surface area contributed by atoms with Crippen molar-refractivity contribution in [3.05, 3.63) is 58.1 Å². The zero-order valence-electron chi connectivity index (χ0n) is 17.8. The molecule has 0 atom stereocenters. The summed E-state index contributed by atoms with van der Waals surface area (Å²) in [5, 5.41) is 9.59. The van der Waals surface area contributed by atoms with E-state index >= 15 is 0 Å². The molecule has 0 heterocycles. The van der Waals surface area contributed by atoms with Crippen LogP contribution in [0.3, 0.4) is 0 Å². The van der Waals surface area contributed by atoms with Gasteiger partial charge in [-0.15, -0.1) is 0 Å². The number of ether oxygens (including phenoxy) is 1. The van der Waals surface area contributed by atoms with Crippen LogP contribution in [0, 0.1) is 25.2 Å². The first-order valence-corrected chi connectivity index (χ1v) is 10.2. The summed E-state index contributed by atoms with van der Waals surface area (Å²) in [5.41, 5.74) is 2.78. The number of urea groups is 1. The number of benzene rings is 2. The SMILES string of the molecule is Cc1cc(OC(=O)N(C)SN(C)C(=O)N(C)C=Nc2ccc(Cl)cc2C)ccc1C#N. The summed E-state index contributed by atoms with van der Waals surface area (Å²) >= 11 is 6.81. The van der Waals surface area contributed by atoms with Crippen LogP contribution in [0.25, 0.3) is 0 Å². The lowest BCUT2D eigenvalue weighted by Gasteiger charge is -2.24. The molecule has 0 radical (unpaired) electrons. The second kappa shape index (κ2) is 10.7. The Labute approximate surface area is 190 Å². The lowest BCUT2D eigenvalue weighted by atomic mass is 10.1. The van der Waals surface area contributed by atoms with Crippen molar-refractivity contribution in [2.45, 2.75) is 13.8 Å². The van der Waals surface area contributed by atoms with Gasteiger partial charge in [0.1, 0.15) is 5.75 Å². The van der Waals surface area contributed by atoms with Crippen molar-refractivity contribution in [3.63, 3.8) is 0 Å². The van der Waals surface area contributed by atoms with Gasteiger partial charge >= 0.3 is 12.1 Å². The first kappa shape index (κ1) is 24.1. The van der Waals surface area contributed by atoms with E-state index in [1.54, 1.807) is 50.4 Å². The van der Waals surface area contributed by atoms with Crippen LogP contribution in [-0.4, -0.2) is 53.1 Å². The highest BCUT2D eigenvalue weighted by molar-refractivity contribution is 7.95. The number of rotatable bonds is 5. The highest BCUT2D eigenvalue weighted by Gasteiger charge is 2.20. The molecule has 0 aromatic heterocycles. The van der Waals surface area contributed by atoms with Crippen molar-refractivity contribution >= 4 is 47.9 Å². The number of halogens is 1. The molecule has 0 N–H and O–H groups in total. The van der Waals surface area contributed by atoms with Crippen LogP contribution >= 0.6 is 23.7 Å². The van der Waals surface area contributed by atoms with E-state index in [9.17, 15) is 9.59 Å². The van der Waals surface area contributed by atoms with E-state index in [0.29, 0.717) is 27.6 Å². The Bertz CT molecular complexity index is 1050. The molecule has 0 spiro atoms. The van der Waals surface area contributed by atoms with Crippen LogP contribution in [-0.2, 0) is 0 Å². The van der Waals surface area contributed by atoms with Crippen molar-refractivity contribution in [2.24, 2.45) is 4.99 Å². The first-order valence-electron chi connectivity index (χ1n) is 9.07. The molecule has 0 fully saturated rings. The summed E-state index contributed by atoms with van der Waals surface area (Å²) in [5.74, 6) is 0.311. The van der Waals surface area contributed by atoms with Gasteiger partial charge in [0, 0.05) is 26.2 Å². The van der Waals surface area contributed by atoms with E-state index in [4.69, 9.17) is 21.6 Å². The highest BCUT2D eigenvalue weighted by atomic mass is 35.5. The maximum atomic E-state index is 12.5. The summed E-state index contributed by atoms with van der Waals surface area (Å²) in [4.78, 5) is 30.5. The summed E-state index contributed by atoms with van der Waals surface area (Å²) in [6.07, 6.45) is 0.731. The van der Waals surface area contributed by atoms with Crippen LogP contribution < -0.4 is 4.74 Å². The van der Waals surface area contributed by atoms with Gasteiger partial charge in [-0.2, -0.15) is 5.26 Å². The summed E-state index contributed by atoms with van der Waals surface area (Å²) < 4.78 is 7.74. The van der Waals surface area contributed by atoms with Crippen molar-refractivity contribution in [1.82, 2.24) is 13.5 Å². The van der Waals surface area contributed by atoms with Crippen LogP contribution in [0.15, 0.2) is 41.4 Å². The normalized spacial score (nSPS) is 10.5. The van der Waals surface area contributed by atoms with Gasteiger partial charge in [-0.3, -0.25) is 9.21 Å². The van der Waals surface area contributed by atoms with Gasteiger partial charge in [0.2, 0.25) is 0 Å². The van der Waals surface area contributed by atoms with Crippen molar-refractivity contribution in [2.75, 3.05) is 21.1 Å². The second-order valence-electron chi connectivity index (χ2n) is 6.60. The lowest BCUT2D eigenvalue weighted by molar-refractivity contribution is 0.186. The molecule has 3 amide bonds. The van der Waals surface area contributed by atoms with Crippen LogP contribution in [0.4, 0.5) is 15.3 Å². The van der Waals surface area contributed by atoms with Gasteiger partial charge in [0.25, 0.3) is 0 Å². The maximum Gasteiger partial charge on any atom is 0.426 e. The predicted octanol–water partition coefficient (Wildman–Crippen LogP) is 5.17. The number of carbonyl (C=O) groups excluding carboxylic acids is 2. The number of aliphatic imine (C=N–C) groups is 1. The number of amides is 3. The molecule has 2 aromatic carbocycles. The Kier molecular flexibility index (Phi) is 8.30. The van der Waals surface area contributed by atoms with E-state index in [1.165, 1.54) is 33.9 Å². The Balaban J connectivity index is 1.94. The van der Waals surface area contributed by atoms with Crippen molar-refractivity contribution in [1.29, 1.82) is 5.26 Å². The molecule has 8 nitrogen and oxygen atoms in total. The Morgan fingerprint density at radius 3 is 2.42 bits per heavy atom. The molecule has 31 heavy (non-hydrogen) atoms. The van der Waals surface area contributed by atoms with E-state index in [1.807, 2.05) is 6.92 Å². The molecule has 0 bridgehead atoms. The van der Waals surface area contributed by atoms with Gasteiger partial charge in [-0.1, -0.05) is 11.6 Å². The molecule has 0 aliphatic heterocycles. The molecule has 162 valence electrons. The number of nitrogens with zero attached hydrogens (tertiary/aromatic N) is 5. The minimum Gasteiger partial charge on any atom is -0.410 e. The largest absolute Gasteiger partial charge is 0.426 e. The van der Waals surface area contributed by atoms with E-state index in [0.717, 1.165) is 17.7 Å². The summed E-state index contributed by atoms with van der Waals surface area (Å²) in [7, 11) is 4.57. The van der Waals surface area contributed by atoms with Gasteiger partial charge in [0.15, 0.2) is 0 Å². The smallest absolute Gasteiger partial charge is 0.410 e. The average molecular weight is 460 g/mol. The molecule has 0 unspecified atom stereocenters. The summed E-state index contributed by atoms with van der Waals surface area (Å²) in [6.45, 7) is 3.63. The lowest BCUT2D eigenvalue weighted by Crippen LogP contribution is -2.37. The second-order valence-corrected chi connectivity index (χ2v) is 8.30. The molecule has 0 saturated carbocycles. The zero-order valence-corrected chi connectivity index (χ0v) is 19.4. The summed E-state index contributed by atoms with van der Waals surface area (Å²) in [6, 6.07) is 11.7. The number of carbonyl (C=O) groups is 2. The molecule has 2 aromatic rings. The van der Waals surface area contributed by atoms with E-state index in [2.05, 4.69) is 11.1 Å². The van der Waals surface area contributed by atoms with E-state index < -0.39 is 12.1 Å². The molecular weight excluding hydrogens is 438 g/mol. The van der Waals surface area contributed by atoms with E-state index in [-0.39, 0.29) is 0 Å². The Morgan fingerprint density at radius 2 is 1.81 bits per heavy atom. The third-order valence-electron chi connectivity index (χ3n) is 4.13. The topological polar surface area (TPSA) is 89.2 Å². The number of hydrogen-bond acceptors (Lipinski definition) is 6. The molecule has 10 heteroatoms. The number of aryl methyl sites for hydroxylation is 2. The van der Waals surface area contributed by atoms with Gasteiger partial charge in [-0.05, 0) is 61.4 Å². The van der Waals surface area contributed by atoms with Gasteiger partial charge < -0.3 is 4.74 Å². The fourth-order valence-electron chi connectivity index (χ4n) is 2.43. The standard InChI is InChI=1S/C21H22ClN5O3S/c1-14-11-18(8-6-16(14)12-23)30-21(29)27(5)31-26(4)20(28)25(3)13-24-19-9-7-17(22)10-15(19)2/h6-11,13H,1-5H3. The maximum absolute atomic E-state index is 12.5. The number of hydrogen-bond donors (Lipinski definition) is 0. The highest BCUT2D eigenvalue weighted by Crippen LogP contribution is 2.23. The zero-order chi connectivity index (χ0) is 23.1. The monoisotopic (exact) mass is 459 g/mol. The van der Waals surface area contributed by atoms with Crippen LogP contribution in [0.5, 0.6) is 5.75 Å². The average Bonchev–Trinajstić information content (AvgIpc) is 2.72. The number of nitriles is 1. The van der Waals surface area contributed by atoms with Gasteiger partial charge in [-0.25, -0.2) is 18.9 Å². The van der Waals surface area contributed by atoms with Crippen molar-refractivity contribution in [3.8, 4) is 11.8 Å². The predicted molar refractivity (Wildman–Crippen MR) is 123 cm³/mol. The molecular formula is C21H22ClN5O3S. The molecule has 0 aliphatic rings. The van der Waals surface area contributed by atoms with Crippen LogP contribution in [0.2, 0.25) is 5.02 Å². The molecule has 2 rings (SSSR count). The Hall–Kier alpha value is -3.22. The fourth-order valence-corrected chi connectivity index (χ4v) is 3.32. The third kappa shape index (κ3) is 6.64. The quantitative estimate of drug-likeness (QED) is 0.349. The van der Waals surface area contributed by atoms with Crippen molar-refractivity contribution < 1.29 is 14.3 Å². The van der Waals surface area contributed by atoms with Gasteiger partial charge in [0.05, 0.1) is 35.8 Å². The minimum atomic E-state index is -0.665. The third-order valence-corrected chi connectivity index (χ3v) is 5.16. The molecule has 0 saturated heterocycles. The minimum absolute atomic E-state index is 0.311.